The van der Waals surface area contributed by atoms with Crippen LogP contribution in [0.15, 0.2) is 41.0 Å². The van der Waals surface area contributed by atoms with Gasteiger partial charge in [0.1, 0.15) is 5.75 Å². The van der Waals surface area contributed by atoms with E-state index in [1.54, 1.807) is 6.07 Å². The Hall–Kier alpha value is -3.16. The van der Waals surface area contributed by atoms with E-state index < -0.39 is 4.92 Å². The molecule has 3 aromatic rings. The van der Waals surface area contributed by atoms with Crippen molar-refractivity contribution in [1.29, 1.82) is 0 Å². The largest absolute Gasteiger partial charge is 0.492 e. The lowest BCUT2D eigenvalue weighted by Crippen LogP contribution is -1.99. The number of para-hydroxylation sites is 2. The highest BCUT2D eigenvalue weighted by Crippen LogP contribution is 2.33. The Morgan fingerprint density at radius 1 is 1.18 bits per heavy atom. The first-order chi connectivity index (χ1) is 10.7. The van der Waals surface area contributed by atoms with Gasteiger partial charge in [0.05, 0.1) is 22.9 Å². The van der Waals surface area contributed by atoms with Crippen LogP contribution in [0.5, 0.6) is 5.75 Å². The Bertz CT molecular complexity index is 831. The van der Waals surface area contributed by atoms with E-state index in [4.69, 9.17) is 4.74 Å². The molecule has 0 unspecified atom stereocenters. The number of anilines is 2. The number of nitro benzene ring substituents is 1. The molecule has 0 saturated carbocycles. The lowest BCUT2D eigenvalue weighted by atomic mass is 10.2. The number of benzene rings is 2. The molecule has 0 bridgehead atoms. The third kappa shape index (κ3) is 2.41. The molecule has 8 nitrogen and oxygen atoms in total. The van der Waals surface area contributed by atoms with Crippen molar-refractivity contribution in [3.05, 3.63) is 46.5 Å². The fourth-order valence-electron chi connectivity index (χ4n) is 2.10. The summed E-state index contributed by atoms with van der Waals surface area (Å²) in [6.45, 7) is 2.42. The van der Waals surface area contributed by atoms with E-state index >= 15 is 0 Å². The van der Waals surface area contributed by atoms with Crippen LogP contribution in [0, 0.1) is 10.1 Å². The number of aromatic nitrogens is 2. The van der Waals surface area contributed by atoms with Gasteiger partial charge in [-0.1, -0.05) is 12.1 Å². The van der Waals surface area contributed by atoms with Crippen LogP contribution in [0.3, 0.4) is 0 Å². The topological polar surface area (TPSA) is 103 Å². The van der Waals surface area contributed by atoms with Crippen LogP contribution in [0.25, 0.3) is 11.0 Å². The summed E-state index contributed by atoms with van der Waals surface area (Å²) in [6, 6.07) is 10.3. The normalized spacial score (nSPS) is 10.6. The van der Waals surface area contributed by atoms with Gasteiger partial charge >= 0.3 is 5.69 Å². The molecule has 2 aromatic carbocycles. The lowest BCUT2D eigenvalue weighted by molar-refractivity contribution is -0.383. The second-order valence-corrected chi connectivity index (χ2v) is 4.40. The van der Waals surface area contributed by atoms with E-state index in [0.717, 1.165) is 5.69 Å². The summed E-state index contributed by atoms with van der Waals surface area (Å²) < 4.78 is 10.2. The van der Waals surface area contributed by atoms with Gasteiger partial charge in [-0.25, -0.2) is 4.63 Å². The average Bonchev–Trinajstić information content (AvgIpc) is 2.99. The van der Waals surface area contributed by atoms with Crippen LogP contribution >= 0.6 is 0 Å². The highest BCUT2D eigenvalue weighted by molar-refractivity contribution is 5.95. The quantitative estimate of drug-likeness (QED) is 0.569. The molecule has 8 heteroatoms. The van der Waals surface area contributed by atoms with Crippen molar-refractivity contribution in [3.63, 3.8) is 0 Å². The van der Waals surface area contributed by atoms with Crippen molar-refractivity contribution >= 4 is 28.1 Å². The van der Waals surface area contributed by atoms with Gasteiger partial charge in [-0.3, -0.25) is 10.1 Å². The second kappa shape index (κ2) is 5.68. The number of non-ortho nitro benzene ring substituents is 1. The molecule has 0 saturated heterocycles. The number of fused-ring (bicyclic) bond motifs is 1. The van der Waals surface area contributed by atoms with Gasteiger partial charge in [0.25, 0.3) is 0 Å². The highest BCUT2D eigenvalue weighted by atomic mass is 16.6. The van der Waals surface area contributed by atoms with Crippen molar-refractivity contribution < 1.29 is 14.3 Å². The summed E-state index contributed by atoms with van der Waals surface area (Å²) in [5.74, 6) is 0.674. The van der Waals surface area contributed by atoms with Crippen LogP contribution < -0.4 is 10.1 Å². The molecule has 0 aliphatic heterocycles. The van der Waals surface area contributed by atoms with E-state index in [-0.39, 0.29) is 11.2 Å². The predicted molar refractivity (Wildman–Crippen MR) is 79.4 cm³/mol. The fraction of sp³-hybridized carbons (Fsp3) is 0.143. The summed E-state index contributed by atoms with van der Waals surface area (Å²) >= 11 is 0. The van der Waals surface area contributed by atoms with Gasteiger partial charge in [-0.05, 0) is 35.4 Å². The van der Waals surface area contributed by atoms with E-state index in [2.05, 4.69) is 20.3 Å². The zero-order chi connectivity index (χ0) is 15.5. The molecule has 0 radical (unpaired) electrons. The molecular weight excluding hydrogens is 288 g/mol. The van der Waals surface area contributed by atoms with Crippen LogP contribution in [0.2, 0.25) is 0 Å². The number of nitrogens with zero attached hydrogens (tertiary/aromatic N) is 3. The van der Waals surface area contributed by atoms with Crippen LogP contribution in [-0.2, 0) is 0 Å². The maximum atomic E-state index is 11.0. The predicted octanol–water partition coefficient (Wildman–Crippen LogP) is 3.27. The number of rotatable bonds is 5. The molecule has 3 rings (SSSR count). The van der Waals surface area contributed by atoms with Gasteiger partial charge in [-0.15, -0.1) is 0 Å². The Labute approximate surface area is 124 Å². The zero-order valence-corrected chi connectivity index (χ0v) is 11.6. The van der Waals surface area contributed by atoms with Gasteiger partial charge in [0.2, 0.25) is 5.52 Å². The fourth-order valence-corrected chi connectivity index (χ4v) is 2.10. The first kappa shape index (κ1) is 13.8. The molecule has 0 atom stereocenters. The van der Waals surface area contributed by atoms with Gasteiger partial charge in [-0.2, -0.15) is 0 Å². The summed E-state index contributed by atoms with van der Waals surface area (Å²) in [7, 11) is 0. The lowest BCUT2D eigenvalue weighted by Gasteiger charge is -2.12. The van der Waals surface area contributed by atoms with E-state index in [1.165, 1.54) is 6.07 Å². The van der Waals surface area contributed by atoms with E-state index in [9.17, 15) is 10.1 Å². The second-order valence-electron chi connectivity index (χ2n) is 4.40. The zero-order valence-electron chi connectivity index (χ0n) is 11.6. The van der Waals surface area contributed by atoms with Crippen molar-refractivity contribution in [3.8, 4) is 5.75 Å². The van der Waals surface area contributed by atoms with Gasteiger partial charge in [0.15, 0.2) is 5.52 Å². The van der Waals surface area contributed by atoms with Gasteiger partial charge in [0, 0.05) is 6.07 Å². The number of ether oxygens (including phenoxy) is 1. The molecule has 1 aromatic heterocycles. The maximum absolute atomic E-state index is 11.0. The minimum atomic E-state index is -0.523. The van der Waals surface area contributed by atoms with Crippen molar-refractivity contribution in [1.82, 2.24) is 10.3 Å². The molecule has 22 heavy (non-hydrogen) atoms. The Balaban J connectivity index is 2.04. The molecule has 0 aliphatic rings. The SMILES string of the molecule is CCOc1ccccc1Nc1ccc([N+](=O)[O-])c2nonc12. The van der Waals surface area contributed by atoms with Crippen LogP contribution in [-0.4, -0.2) is 21.8 Å². The number of nitrogens with one attached hydrogen (secondary N) is 1. The summed E-state index contributed by atoms with van der Waals surface area (Å²) in [5.41, 5.74) is 1.51. The Morgan fingerprint density at radius 3 is 2.73 bits per heavy atom. The summed E-state index contributed by atoms with van der Waals surface area (Å²) in [4.78, 5) is 10.5. The molecule has 112 valence electrons. The summed E-state index contributed by atoms with van der Waals surface area (Å²) in [6.07, 6.45) is 0. The molecule has 1 heterocycles. The summed E-state index contributed by atoms with van der Waals surface area (Å²) in [5, 5.41) is 21.5. The monoisotopic (exact) mass is 300 g/mol. The first-order valence-corrected chi connectivity index (χ1v) is 6.59. The molecule has 0 fully saturated rings. The maximum Gasteiger partial charge on any atom is 0.300 e. The van der Waals surface area contributed by atoms with Gasteiger partial charge < -0.3 is 10.1 Å². The van der Waals surface area contributed by atoms with Crippen molar-refractivity contribution in [2.45, 2.75) is 6.92 Å². The molecule has 1 N–H and O–H groups in total. The molecule has 0 amide bonds. The minimum Gasteiger partial charge on any atom is -0.492 e. The number of nitro groups is 1. The first-order valence-electron chi connectivity index (χ1n) is 6.59. The van der Waals surface area contributed by atoms with Crippen molar-refractivity contribution in [2.75, 3.05) is 11.9 Å². The van der Waals surface area contributed by atoms with E-state index in [1.807, 2.05) is 31.2 Å². The van der Waals surface area contributed by atoms with Crippen LogP contribution in [0.4, 0.5) is 17.1 Å². The van der Waals surface area contributed by atoms with E-state index in [0.29, 0.717) is 23.6 Å². The molecule has 0 aliphatic carbocycles. The third-order valence-electron chi connectivity index (χ3n) is 3.05. The molecular formula is C14H12N4O4. The Kier molecular flexibility index (Phi) is 3.57. The van der Waals surface area contributed by atoms with Crippen molar-refractivity contribution in [2.24, 2.45) is 0 Å². The smallest absolute Gasteiger partial charge is 0.300 e. The highest BCUT2D eigenvalue weighted by Gasteiger charge is 2.20. The number of hydrogen-bond acceptors (Lipinski definition) is 7. The molecule has 0 spiro atoms. The minimum absolute atomic E-state index is 0.101. The van der Waals surface area contributed by atoms with Crippen LogP contribution in [0.1, 0.15) is 6.92 Å². The average molecular weight is 300 g/mol. The third-order valence-corrected chi connectivity index (χ3v) is 3.05. The number of hydrogen-bond donors (Lipinski definition) is 1. The Morgan fingerprint density at radius 2 is 1.95 bits per heavy atom. The standard InChI is InChI=1S/C14H12N4O4/c1-2-21-12-6-4-3-5-9(12)15-10-7-8-11(18(19)20)14-13(10)16-22-17-14/h3-8,15H,2H2,1H3.